The van der Waals surface area contributed by atoms with Gasteiger partial charge in [0, 0.05) is 17.7 Å². The zero-order valence-corrected chi connectivity index (χ0v) is 30.5. The van der Waals surface area contributed by atoms with Gasteiger partial charge in [-0.2, -0.15) is 0 Å². The number of amides is 1. The third-order valence-electron chi connectivity index (χ3n) is 9.22. The summed E-state index contributed by atoms with van der Waals surface area (Å²) in [6.07, 6.45) is -6.94. The molecule has 1 fully saturated rings. The van der Waals surface area contributed by atoms with Gasteiger partial charge in [-0.25, -0.2) is 14.4 Å². The summed E-state index contributed by atoms with van der Waals surface area (Å²) in [6, 6.07) is 39.0. The molecule has 5 atom stereocenters. The minimum atomic E-state index is -3.37. The minimum absolute atomic E-state index is 0.00596. The third-order valence-corrected chi connectivity index (χ3v) is 9.22. The summed E-state index contributed by atoms with van der Waals surface area (Å²) < 4.78 is 28.8. The SMILES string of the molecule is O=C(NCCO[C@@H]1O[C@H](COC(=O)c2ccccc2)[C@H](OC(=O)c2ccccc2)[C@@](O)(C(=O)c2ccccc2)[C@]1(O)C(=O)c1ccccc1)OCc1ccccc1. The van der Waals surface area contributed by atoms with Crippen LogP contribution >= 0.6 is 0 Å². The molecule has 292 valence electrons. The van der Waals surface area contributed by atoms with Gasteiger partial charge in [-0.3, -0.25) is 9.59 Å². The topological polar surface area (TPSA) is 184 Å². The van der Waals surface area contributed by atoms with Crippen LogP contribution in [0, 0.1) is 0 Å². The first-order valence-electron chi connectivity index (χ1n) is 18.0. The van der Waals surface area contributed by atoms with Gasteiger partial charge in [0.2, 0.25) is 22.8 Å². The van der Waals surface area contributed by atoms with Crippen molar-refractivity contribution in [2.45, 2.75) is 36.3 Å². The molecule has 57 heavy (non-hydrogen) atoms. The fraction of sp³-hybridized carbons (Fsp3) is 0.205. The van der Waals surface area contributed by atoms with E-state index in [2.05, 4.69) is 5.32 Å². The lowest BCUT2D eigenvalue weighted by Crippen LogP contribution is -2.81. The lowest BCUT2D eigenvalue weighted by molar-refractivity contribution is -0.340. The molecule has 0 bridgehead atoms. The highest BCUT2D eigenvalue weighted by atomic mass is 16.7. The van der Waals surface area contributed by atoms with Gasteiger partial charge in [-0.05, 0) is 29.8 Å². The van der Waals surface area contributed by atoms with Crippen molar-refractivity contribution in [3.63, 3.8) is 0 Å². The predicted octanol–water partition coefficient (Wildman–Crippen LogP) is 4.96. The first-order valence-corrected chi connectivity index (χ1v) is 18.0. The molecule has 0 unspecified atom stereocenters. The van der Waals surface area contributed by atoms with Gasteiger partial charge in [0.05, 0.1) is 17.7 Å². The summed E-state index contributed by atoms with van der Waals surface area (Å²) >= 11 is 0. The van der Waals surface area contributed by atoms with Crippen molar-refractivity contribution in [2.24, 2.45) is 0 Å². The van der Waals surface area contributed by atoms with E-state index in [0.29, 0.717) is 0 Å². The molecule has 5 aromatic carbocycles. The molecular formula is C44H39NO12. The van der Waals surface area contributed by atoms with E-state index in [1.807, 2.05) is 6.07 Å². The Morgan fingerprint density at radius 1 is 0.579 bits per heavy atom. The van der Waals surface area contributed by atoms with Crippen LogP contribution in [0.25, 0.3) is 0 Å². The Labute approximate surface area is 327 Å². The van der Waals surface area contributed by atoms with Gasteiger partial charge in [0.1, 0.15) is 19.3 Å². The normalized spacial score (nSPS) is 21.4. The minimum Gasteiger partial charge on any atom is -0.459 e. The number of rotatable bonds is 15. The number of nitrogens with one attached hydrogen (secondary N) is 1. The quantitative estimate of drug-likeness (QED) is 0.0563. The van der Waals surface area contributed by atoms with Crippen LogP contribution in [0.15, 0.2) is 152 Å². The number of esters is 2. The molecule has 13 nitrogen and oxygen atoms in total. The summed E-state index contributed by atoms with van der Waals surface area (Å²) in [5.74, 6) is -4.35. The van der Waals surface area contributed by atoms with Gasteiger partial charge < -0.3 is 39.2 Å². The van der Waals surface area contributed by atoms with Crippen molar-refractivity contribution in [3.05, 3.63) is 179 Å². The number of alkyl carbamates (subject to hydrolysis) is 1. The van der Waals surface area contributed by atoms with E-state index in [4.69, 9.17) is 23.7 Å². The molecule has 1 aliphatic rings. The average Bonchev–Trinajstić information content (AvgIpc) is 3.27. The number of carbonyl (C=O) groups is 5. The average molecular weight is 774 g/mol. The summed E-state index contributed by atoms with van der Waals surface area (Å²) in [5, 5.41) is 28.4. The molecule has 1 amide bonds. The smallest absolute Gasteiger partial charge is 0.407 e. The third kappa shape index (κ3) is 8.98. The van der Waals surface area contributed by atoms with Crippen LogP contribution in [0.4, 0.5) is 4.79 Å². The molecule has 3 N–H and O–H groups in total. The Morgan fingerprint density at radius 3 is 1.56 bits per heavy atom. The molecule has 6 rings (SSSR count). The summed E-state index contributed by atoms with van der Waals surface area (Å²) in [4.78, 5) is 68.9. The first kappa shape index (κ1) is 40.2. The molecule has 1 aliphatic heterocycles. The fourth-order valence-electron chi connectivity index (χ4n) is 6.31. The van der Waals surface area contributed by atoms with Crippen LogP contribution in [0.5, 0.6) is 0 Å². The number of Topliss-reactive ketones (excluding diaryl/α,β-unsaturated/α-hetero) is 2. The van der Waals surface area contributed by atoms with Crippen LogP contribution in [0.2, 0.25) is 0 Å². The number of carbonyl (C=O) groups excluding carboxylic acids is 5. The zero-order valence-electron chi connectivity index (χ0n) is 30.5. The van der Waals surface area contributed by atoms with E-state index >= 15 is 0 Å². The molecule has 1 heterocycles. The summed E-state index contributed by atoms with van der Waals surface area (Å²) in [7, 11) is 0. The van der Waals surface area contributed by atoms with Gasteiger partial charge in [0.15, 0.2) is 12.4 Å². The molecule has 5 aromatic rings. The molecular weight excluding hydrogens is 734 g/mol. The highest BCUT2D eigenvalue weighted by molar-refractivity contribution is 6.13. The van der Waals surface area contributed by atoms with Crippen molar-refractivity contribution in [3.8, 4) is 0 Å². The van der Waals surface area contributed by atoms with Crippen molar-refractivity contribution in [1.82, 2.24) is 5.32 Å². The first-order chi connectivity index (χ1) is 27.6. The molecule has 0 spiro atoms. The second-order valence-corrected chi connectivity index (χ2v) is 12.9. The van der Waals surface area contributed by atoms with E-state index in [0.717, 1.165) is 5.56 Å². The number of hydrogen-bond acceptors (Lipinski definition) is 12. The molecule has 1 saturated heterocycles. The zero-order chi connectivity index (χ0) is 40.3. The molecule has 13 heteroatoms. The fourth-order valence-corrected chi connectivity index (χ4v) is 6.31. The molecule has 0 saturated carbocycles. The number of hydrogen-bond donors (Lipinski definition) is 3. The van der Waals surface area contributed by atoms with E-state index in [9.17, 15) is 34.2 Å². The molecule has 0 aliphatic carbocycles. The molecule has 0 radical (unpaired) electrons. The van der Waals surface area contributed by atoms with Crippen molar-refractivity contribution < 1.29 is 57.9 Å². The largest absolute Gasteiger partial charge is 0.459 e. The van der Waals surface area contributed by atoms with E-state index < -0.39 is 72.5 Å². The lowest BCUT2D eigenvalue weighted by Gasteiger charge is -2.53. The maximum absolute atomic E-state index is 14.8. The maximum atomic E-state index is 14.8. The van der Waals surface area contributed by atoms with Crippen LogP contribution in [-0.4, -0.2) is 89.3 Å². The highest BCUT2D eigenvalue weighted by Crippen LogP contribution is 2.45. The number of ketones is 2. The van der Waals surface area contributed by atoms with Gasteiger partial charge in [-0.15, -0.1) is 0 Å². The summed E-state index contributed by atoms with van der Waals surface area (Å²) in [6.45, 7) is -1.50. The van der Waals surface area contributed by atoms with E-state index in [1.54, 1.807) is 72.8 Å². The predicted molar refractivity (Wildman–Crippen MR) is 203 cm³/mol. The van der Waals surface area contributed by atoms with Gasteiger partial charge in [-0.1, -0.05) is 127 Å². The standard InChI is InChI=1S/C44H39NO12/c46-36(31-18-8-2-9-19-31)43(51)38(57-40(49)34-24-14-5-15-25-34)35(29-54-39(48)33-22-12-4-13-23-33)56-41(44(43,52)37(47)32-20-10-3-11-21-32)53-27-26-45-42(50)55-28-30-16-6-1-7-17-30/h1-25,35,38,41,51-52H,26-29H2,(H,45,50)/t35-,38+,41-,43+,44+/m1/s1. The Morgan fingerprint density at radius 2 is 1.04 bits per heavy atom. The van der Waals surface area contributed by atoms with Crippen molar-refractivity contribution in [2.75, 3.05) is 19.8 Å². The lowest BCUT2D eigenvalue weighted by atomic mass is 9.66. The van der Waals surface area contributed by atoms with E-state index in [-0.39, 0.29) is 35.4 Å². The maximum Gasteiger partial charge on any atom is 0.407 e. The summed E-state index contributed by atoms with van der Waals surface area (Å²) in [5.41, 5.74) is -6.18. The Hall–Kier alpha value is -6.51. The monoisotopic (exact) mass is 773 g/mol. The second kappa shape index (κ2) is 18.4. The van der Waals surface area contributed by atoms with Crippen molar-refractivity contribution >= 4 is 29.6 Å². The van der Waals surface area contributed by atoms with E-state index in [1.165, 1.54) is 72.8 Å². The van der Waals surface area contributed by atoms with Crippen LogP contribution in [0.1, 0.15) is 47.0 Å². The van der Waals surface area contributed by atoms with Crippen LogP contribution in [0.3, 0.4) is 0 Å². The Bertz CT molecular complexity index is 2140. The van der Waals surface area contributed by atoms with Gasteiger partial charge in [0.25, 0.3) is 0 Å². The second-order valence-electron chi connectivity index (χ2n) is 12.9. The van der Waals surface area contributed by atoms with Crippen molar-refractivity contribution in [1.29, 1.82) is 0 Å². The number of benzene rings is 5. The number of ether oxygens (including phenoxy) is 5. The van der Waals surface area contributed by atoms with Crippen LogP contribution < -0.4 is 5.32 Å². The molecule has 0 aromatic heterocycles. The Balaban J connectivity index is 1.39. The highest BCUT2D eigenvalue weighted by Gasteiger charge is 2.74. The Kier molecular flexibility index (Phi) is 13.0. The van der Waals surface area contributed by atoms with Crippen LogP contribution in [-0.2, 0) is 30.3 Å². The van der Waals surface area contributed by atoms with Gasteiger partial charge >= 0.3 is 18.0 Å². The number of aliphatic hydroxyl groups is 2.